The smallest absolute Gasteiger partial charge is 0.120 e. The summed E-state index contributed by atoms with van der Waals surface area (Å²) in [7, 11) is 0. The highest BCUT2D eigenvalue weighted by molar-refractivity contribution is 9.10. The maximum Gasteiger partial charge on any atom is 0.120 e. The molecule has 1 unspecified atom stereocenters. The average molecular weight is 286 g/mol. The van der Waals surface area contributed by atoms with Crippen LogP contribution in [0.3, 0.4) is 0 Å². The lowest BCUT2D eigenvalue weighted by Gasteiger charge is -2.16. The van der Waals surface area contributed by atoms with Crippen molar-refractivity contribution in [3.8, 4) is 5.75 Å². The van der Waals surface area contributed by atoms with Crippen LogP contribution in [0.25, 0.3) is 0 Å². The second-order valence-electron chi connectivity index (χ2n) is 4.56. The van der Waals surface area contributed by atoms with Crippen molar-refractivity contribution in [3.05, 3.63) is 28.2 Å². The minimum Gasteiger partial charge on any atom is -0.508 e. The summed E-state index contributed by atoms with van der Waals surface area (Å²) in [5.74, 6) is 1.06. The third-order valence-electron chi connectivity index (χ3n) is 2.63. The van der Waals surface area contributed by atoms with Crippen molar-refractivity contribution in [2.45, 2.75) is 33.2 Å². The van der Waals surface area contributed by atoms with E-state index < -0.39 is 0 Å². The van der Waals surface area contributed by atoms with Crippen molar-refractivity contribution >= 4 is 15.9 Å². The first kappa shape index (κ1) is 13.5. The highest BCUT2D eigenvalue weighted by atomic mass is 79.9. The van der Waals surface area contributed by atoms with Gasteiger partial charge in [0.1, 0.15) is 5.75 Å². The standard InChI is InChI=1S/C13H20BrNO/c1-9(2)6-7-15-10(3)12-8-11(14)4-5-13(12)16/h4-5,8-10,15-16H,6-7H2,1-3H3. The van der Waals surface area contributed by atoms with Gasteiger partial charge in [0.2, 0.25) is 0 Å². The molecular weight excluding hydrogens is 266 g/mol. The van der Waals surface area contributed by atoms with Gasteiger partial charge in [-0.3, -0.25) is 0 Å². The van der Waals surface area contributed by atoms with Crippen molar-refractivity contribution < 1.29 is 5.11 Å². The van der Waals surface area contributed by atoms with E-state index in [9.17, 15) is 5.11 Å². The molecule has 0 heterocycles. The van der Waals surface area contributed by atoms with E-state index in [1.165, 1.54) is 0 Å². The zero-order chi connectivity index (χ0) is 12.1. The van der Waals surface area contributed by atoms with E-state index >= 15 is 0 Å². The Kier molecular flexibility index (Phi) is 5.29. The Labute approximate surface area is 106 Å². The summed E-state index contributed by atoms with van der Waals surface area (Å²) >= 11 is 3.42. The Hall–Kier alpha value is -0.540. The lowest BCUT2D eigenvalue weighted by Crippen LogP contribution is -2.21. The number of rotatable bonds is 5. The molecule has 0 bridgehead atoms. The fourth-order valence-electron chi connectivity index (χ4n) is 1.57. The van der Waals surface area contributed by atoms with Gasteiger partial charge in [-0.1, -0.05) is 29.8 Å². The Morgan fingerprint density at radius 1 is 1.31 bits per heavy atom. The largest absolute Gasteiger partial charge is 0.508 e. The highest BCUT2D eigenvalue weighted by Gasteiger charge is 2.10. The zero-order valence-electron chi connectivity index (χ0n) is 10.1. The van der Waals surface area contributed by atoms with Crippen LogP contribution < -0.4 is 5.32 Å². The van der Waals surface area contributed by atoms with Gasteiger partial charge in [0, 0.05) is 16.1 Å². The predicted octanol–water partition coefficient (Wildman–Crippen LogP) is 3.85. The van der Waals surface area contributed by atoms with E-state index in [4.69, 9.17) is 0 Å². The summed E-state index contributed by atoms with van der Waals surface area (Å²) < 4.78 is 0.998. The lowest BCUT2D eigenvalue weighted by atomic mass is 10.1. The Bertz CT molecular complexity index is 339. The van der Waals surface area contributed by atoms with Gasteiger partial charge in [-0.2, -0.15) is 0 Å². The summed E-state index contributed by atoms with van der Waals surface area (Å²) in [6.07, 6.45) is 1.15. The molecule has 1 atom stereocenters. The Morgan fingerprint density at radius 2 is 2.00 bits per heavy atom. The van der Waals surface area contributed by atoms with E-state index in [0.717, 1.165) is 23.0 Å². The second kappa shape index (κ2) is 6.26. The molecule has 1 aromatic rings. The van der Waals surface area contributed by atoms with E-state index in [0.29, 0.717) is 11.7 Å². The molecule has 90 valence electrons. The van der Waals surface area contributed by atoms with Crippen LogP contribution in [0.4, 0.5) is 0 Å². The average Bonchev–Trinajstić information content (AvgIpc) is 2.21. The van der Waals surface area contributed by atoms with Crippen LogP contribution in [0, 0.1) is 5.92 Å². The monoisotopic (exact) mass is 285 g/mol. The van der Waals surface area contributed by atoms with Gasteiger partial charge in [-0.15, -0.1) is 0 Å². The lowest BCUT2D eigenvalue weighted by molar-refractivity contribution is 0.445. The third kappa shape index (κ3) is 4.14. The molecule has 1 aromatic carbocycles. The number of benzene rings is 1. The minimum atomic E-state index is 0.177. The number of halogens is 1. The van der Waals surface area contributed by atoms with Crippen molar-refractivity contribution in [1.29, 1.82) is 0 Å². The van der Waals surface area contributed by atoms with Crippen LogP contribution in [-0.2, 0) is 0 Å². The Morgan fingerprint density at radius 3 is 2.62 bits per heavy atom. The molecule has 0 radical (unpaired) electrons. The number of hydrogen-bond donors (Lipinski definition) is 2. The summed E-state index contributed by atoms with van der Waals surface area (Å²) in [4.78, 5) is 0. The molecule has 1 rings (SSSR count). The van der Waals surface area contributed by atoms with Crippen LogP contribution in [0.15, 0.2) is 22.7 Å². The molecule has 16 heavy (non-hydrogen) atoms. The highest BCUT2D eigenvalue weighted by Crippen LogP contribution is 2.27. The molecule has 0 amide bonds. The molecule has 2 nitrogen and oxygen atoms in total. The number of phenols is 1. The van der Waals surface area contributed by atoms with Crippen molar-refractivity contribution in [1.82, 2.24) is 5.32 Å². The third-order valence-corrected chi connectivity index (χ3v) is 3.12. The van der Waals surface area contributed by atoms with Gasteiger partial charge in [0.25, 0.3) is 0 Å². The summed E-state index contributed by atoms with van der Waals surface area (Å²) in [6.45, 7) is 7.47. The normalized spacial score (nSPS) is 13.1. The maximum atomic E-state index is 9.75. The first-order chi connectivity index (χ1) is 7.50. The number of aromatic hydroxyl groups is 1. The number of phenolic OH excluding ortho intramolecular Hbond substituents is 1. The van der Waals surface area contributed by atoms with Gasteiger partial charge in [-0.05, 0) is 44.0 Å². The molecular formula is C13H20BrNO. The van der Waals surface area contributed by atoms with E-state index in [-0.39, 0.29) is 6.04 Å². The molecule has 2 N–H and O–H groups in total. The van der Waals surface area contributed by atoms with Crippen LogP contribution in [0.2, 0.25) is 0 Å². The van der Waals surface area contributed by atoms with Crippen LogP contribution >= 0.6 is 15.9 Å². The molecule has 0 spiro atoms. The summed E-state index contributed by atoms with van der Waals surface area (Å²) in [6, 6.07) is 5.71. The van der Waals surface area contributed by atoms with Gasteiger partial charge in [0.05, 0.1) is 0 Å². The van der Waals surface area contributed by atoms with E-state index in [1.54, 1.807) is 6.07 Å². The maximum absolute atomic E-state index is 9.75. The first-order valence-electron chi connectivity index (χ1n) is 5.72. The van der Waals surface area contributed by atoms with E-state index in [2.05, 4.69) is 42.0 Å². The fraction of sp³-hybridized carbons (Fsp3) is 0.538. The molecule has 0 fully saturated rings. The summed E-state index contributed by atoms with van der Waals surface area (Å²) in [5, 5.41) is 13.2. The van der Waals surface area contributed by atoms with Gasteiger partial charge in [0.15, 0.2) is 0 Å². The van der Waals surface area contributed by atoms with E-state index in [1.807, 2.05) is 12.1 Å². The van der Waals surface area contributed by atoms with Crippen molar-refractivity contribution in [3.63, 3.8) is 0 Å². The quantitative estimate of drug-likeness (QED) is 0.861. The molecule has 0 aliphatic heterocycles. The molecule has 0 aliphatic carbocycles. The van der Waals surface area contributed by atoms with Crippen molar-refractivity contribution in [2.24, 2.45) is 5.92 Å². The molecule has 0 saturated heterocycles. The zero-order valence-corrected chi connectivity index (χ0v) is 11.7. The number of hydrogen-bond acceptors (Lipinski definition) is 2. The number of nitrogens with one attached hydrogen (secondary N) is 1. The minimum absolute atomic E-state index is 0.177. The molecule has 0 aromatic heterocycles. The second-order valence-corrected chi connectivity index (χ2v) is 5.48. The topological polar surface area (TPSA) is 32.3 Å². The first-order valence-corrected chi connectivity index (χ1v) is 6.51. The SMILES string of the molecule is CC(C)CCNC(C)c1cc(Br)ccc1O. The van der Waals surface area contributed by atoms with Crippen LogP contribution in [-0.4, -0.2) is 11.7 Å². The van der Waals surface area contributed by atoms with Gasteiger partial charge < -0.3 is 10.4 Å². The van der Waals surface area contributed by atoms with Gasteiger partial charge in [-0.25, -0.2) is 0 Å². The predicted molar refractivity (Wildman–Crippen MR) is 71.7 cm³/mol. The van der Waals surface area contributed by atoms with Crippen LogP contribution in [0.1, 0.15) is 38.8 Å². The van der Waals surface area contributed by atoms with Crippen molar-refractivity contribution in [2.75, 3.05) is 6.54 Å². The van der Waals surface area contributed by atoms with Gasteiger partial charge >= 0.3 is 0 Å². The van der Waals surface area contributed by atoms with Crippen LogP contribution in [0.5, 0.6) is 5.75 Å². The molecule has 3 heteroatoms. The fourth-order valence-corrected chi connectivity index (χ4v) is 1.95. The summed E-state index contributed by atoms with van der Waals surface area (Å²) in [5.41, 5.74) is 0.943. The Balaban J connectivity index is 2.58. The molecule has 0 saturated carbocycles. The molecule has 0 aliphatic rings.